The van der Waals surface area contributed by atoms with E-state index in [0.29, 0.717) is 0 Å². The molecule has 3 aliphatic carbocycles. The Morgan fingerprint density at radius 1 is 0.667 bits per heavy atom. The van der Waals surface area contributed by atoms with Gasteiger partial charge < -0.3 is 0 Å². The summed E-state index contributed by atoms with van der Waals surface area (Å²) < 4.78 is 0. The van der Waals surface area contributed by atoms with Gasteiger partial charge in [0.25, 0.3) is 0 Å². The summed E-state index contributed by atoms with van der Waals surface area (Å²) in [6.45, 7) is 2.59. The lowest BCUT2D eigenvalue weighted by Crippen LogP contribution is -2.41. The molecule has 0 aliphatic heterocycles. The molecule has 0 amide bonds. The predicted molar refractivity (Wildman–Crippen MR) is 64.7 cm³/mol. The van der Waals surface area contributed by atoms with Crippen molar-refractivity contribution < 1.29 is 0 Å². The highest BCUT2D eigenvalue weighted by Crippen LogP contribution is 2.52. The molecule has 0 saturated heterocycles. The largest absolute Gasteiger partial charge is 0.0620 e. The van der Waals surface area contributed by atoms with Crippen molar-refractivity contribution >= 4 is 0 Å². The Hall–Kier alpha value is 0. The van der Waals surface area contributed by atoms with Crippen molar-refractivity contribution in [3.63, 3.8) is 0 Å². The molecule has 0 radical (unpaired) electrons. The van der Waals surface area contributed by atoms with Crippen molar-refractivity contribution in [2.75, 3.05) is 0 Å². The molecule has 0 nitrogen and oxygen atoms in total. The van der Waals surface area contributed by atoms with Crippen LogP contribution >= 0.6 is 0 Å². The van der Waals surface area contributed by atoms with E-state index in [2.05, 4.69) is 6.92 Å². The second kappa shape index (κ2) is 4.11. The quantitative estimate of drug-likeness (QED) is 0.541. The summed E-state index contributed by atoms with van der Waals surface area (Å²) >= 11 is 0. The van der Waals surface area contributed by atoms with Crippen LogP contribution in [0.3, 0.4) is 0 Å². The lowest BCUT2D eigenvalue weighted by molar-refractivity contribution is -0.00201. The van der Waals surface area contributed by atoms with Gasteiger partial charge in [-0.3, -0.25) is 0 Å². The Balaban J connectivity index is 1.76. The lowest BCUT2D eigenvalue weighted by Gasteiger charge is -2.50. The zero-order valence-corrected chi connectivity index (χ0v) is 10.3. The van der Waals surface area contributed by atoms with Crippen LogP contribution in [-0.4, -0.2) is 0 Å². The zero-order valence-electron chi connectivity index (χ0n) is 10.3. The molecule has 0 bridgehead atoms. The first-order valence-corrected chi connectivity index (χ1v) is 7.36. The maximum atomic E-state index is 2.59. The fraction of sp³-hybridized carbons (Fsp3) is 1.00. The molecule has 15 heavy (non-hydrogen) atoms. The normalized spacial score (nSPS) is 50.6. The van der Waals surface area contributed by atoms with Gasteiger partial charge in [-0.25, -0.2) is 0 Å². The van der Waals surface area contributed by atoms with Crippen LogP contribution < -0.4 is 0 Å². The molecule has 0 heterocycles. The van der Waals surface area contributed by atoms with Gasteiger partial charge >= 0.3 is 0 Å². The Morgan fingerprint density at radius 3 is 1.67 bits per heavy atom. The summed E-state index contributed by atoms with van der Waals surface area (Å²) in [5.41, 5.74) is 0. The molecule has 0 aromatic carbocycles. The summed E-state index contributed by atoms with van der Waals surface area (Å²) in [6.07, 6.45) is 14.0. The molecule has 3 aliphatic rings. The molecule has 4 unspecified atom stereocenters. The van der Waals surface area contributed by atoms with Crippen molar-refractivity contribution in [1.29, 1.82) is 0 Å². The molecule has 0 heteroatoms. The Bertz CT molecular complexity index is 198. The highest BCUT2D eigenvalue weighted by molar-refractivity contribution is 4.93. The van der Waals surface area contributed by atoms with Crippen LogP contribution in [-0.2, 0) is 0 Å². The van der Waals surface area contributed by atoms with Gasteiger partial charge in [0, 0.05) is 0 Å². The summed E-state index contributed by atoms with van der Waals surface area (Å²) in [5, 5.41) is 0. The molecule has 86 valence electrons. The van der Waals surface area contributed by atoms with Gasteiger partial charge in [-0.1, -0.05) is 45.4 Å². The van der Waals surface area contributed by atoms with E-state index in [1.54, 1.807) is 32.1 Å². The van der Waals surface area contributed by atoms with Gasteiger partial charge in [-0.05, 0) is 48.9 Å². The lowest BCUT2D eigenvalue weighted by atomic mass is 9.55. The molecule has 0 N–H and O–H groups in total. The fourth-order valence-electron chi connectivity index (χ4n) is 5.15. The van der Waals surface area contributed by atoms with Crippen molar-refractivity contribution in [3.05, 3.63) is 0 Å². The first-order valence-electron chi connectivity index (χ1n) is 7.36. The highest BCUT2D eigenvalue weighted by Gasteiger charge is 2.43. The van der Waals surface area contributed by atoms with Gasteiger partial charge in [-0.2, -0.15) is 0 Å². The van der Waals surface area contributed by atoms with E-state index in [1.807, 2.05) is 0 Å². The summed E-state index contributed by atoms with van der Waals surface area (Å²) in [4.78, 5) is 0. The van der Waals surface area contributed by atoms with E-state index in [4.69, 9.17) is 0 Å². The number of hydrogen-bond acceptors (Lipinski definition) is 0. The van der Waals surface area contributed by atoms with E-state index < -0.39 is 0 Å². The third kappa shape index (κ3) is 1.74. The highest BCUT2D eigenvalue weighted by atomic mass is 14.5. The van der Waals surface area contributed by atoms with Gasteiger partial charge in [-0.15, -0.1) is 0 Å². The topological polar surface area (TPSA) is 0 Å². The predicted octanol–water partition coefficient (Wildman–Crippen LogP) is 4.64. The van der Waals surface area contributed by atoms with Crippen molar-refractivity contribution in [2.24, 2.45) is 29.6 Å². The Morgan fingerprint density at radius 2 is 1.13 bits per heavy atom. The van der Waals surface area contributed by atoms with E-state index in [0.717, 1.165) is 29.6 Å². The van der Waals surface area contributed by atoms with E-state index in [9.17, 15) is 0 Å². The summed E-state index contributed by atoms with van der Waals surface area (Å²) in [6, 6.07) is 0. The number of rotatable bonds is 0. The van der Waals surface area contributed by atoms with Crippen molar-refractivity contribution in [1.82, 2.24) is 0 Å². The minimum absolute atomic E-state index is 1.06. The van der Waals surface area contributed by atoms with Gasteiger partial charge in [0.1, 0.15) is 0 Å². The molecule has 0 spiro atoms. The molecule has 3 saturated carbocycles. The third-order valence-electron chi connectivity index (χ3n) is 5.89. The van der Waals surface area contributed by atoms with E-state index in [1.165, 1.54) is 25.7 Å². The van der Waals surface area contributed by atoms with E-state index in [-0.39, 0.29) is 0 Å². The molecular weight excluding hydrogens is 180 g/mol. The van der Waals surface area contributed by atoms with Crippen LogP contribution in [0, 0.1) is 29.6 Å². The maximum absolute atomic E-state index is 2.59. The second-order valence-electron chi connectivity index (χ2n) is 6.51. The molecule has 4 atom stereocenters. The molecule has 0 aromatic rings. The molecular formula is C15H26. The zero-order chi connectivity index (χ0) is 10.3. The van der Waals surface area contributed by atoms with Gasteiger partial charge in [0.15, 0.2) is 0 Å². The SMILES string of the molecule is CC1C2CCCCC2CC2CCCCC21. The van der Waals surface area contributed by atoms with Crippen LogP contribution in [0.15, 0.2) is 0 Å². The van der Waals surface area contributed by atoms with Crippen LogP contribution in [0.2, 0.25) is 0 Å². The first-order chi connectivity index (χ1) is 7.36. The number of fused-ring (bicyclic) bond motifs is 2. The molecule has 3 rings (SSSR count). The molecule has 3 fully saturated rings. The standard InChI is InChI=1S/C15H26/c1-11-14-8-4-2-6-12(14)10-13-7-3-5-9-15(11)13/h11-15H,2-10H2,1H3. The van der Waals surface area contributed by atoms with Crippen molar-refractivity contribution in [3.8, 4) is 0 Å². The van der Waals surface area contributed by atoms with Crippen LogP contribution in [0.1, 0.15) is 64.7 Å². The Kier molecular flexibility index (Phi) is 2.79. The second-order valence-corrected chi connectivity index (χ2v) is 6.51. The van der Waals surface area contributed by atoms with Gasteiger partial charge in [0.05, 0.1) is 0 Å². The fourth-order valence-corrected chi connectivity index (χ4v) is 5.15. The number of hydrogen-bond donors (Lipinski definition) is 0. The third-order valence-corrected chi connectivity index (χ3v) is 5.89. The van der Waals surface area contributed by atoms with Crippen molar-refractivity contribution in [2.45, 2.75) is 64.7 Å². The Labute approximate surface area is 94.8 Å². The minimum Gasteiger partial charge on any atom is -0.0620 e. The minimum atomic E-state index is 1.06. The van der Waals surface area contributed by atoms with E-state index >= 15 is 0 Å². The van der Waals surface area contributed by atoms with Crippen LogP contribution in [0.4, 0.5) is 0 Å². The monoisotopic (exact) mass is 206 g/mol. The smallest absolute Gasteiger partial charge is 0.0357 e. The average Bonchev–Trinajstić information content (AvgIpc) is 2.30. The summed E-state index contributed by atoms with van der Waals surface area (Å²) in [7, 11) is 0. The molecule has 0 aromatic heterocycles. The van der Waals surface area contributed by atoms with Gasteiger partial charge in [0.2, 0.25) is 0 Å². The summed E-state index contributed by atoms with van der Waals surface area (Å²) in [5.74, 6) is 5.58. The maximum Gasteiger partial charge on any atom is -0.0357 e. The average molecular weight is 206 g/mol. The van der Waals surface area contributed by atoms with Crippen LogP contribution in [0.25, 0.3) is 0 Å². The van der Waals surface area contributed by atoms with Crippen LogP contribution in [0.5, 0.6) is 0 Å². The first kappa shape index (κ1) is 10.2.